The van der Waals surface area contributed by atoms with Gasteiger partial charge < -0.3 is 0 Å². The molecule has 0 aliphatic heterocycles. The highest BCUT2D eigenvalue weighted by Gasteiger charge is 2.10. The van der Waals surface area contributed by atoms with Crippen LogP contribution in [0, 0.1) is 0 Å². The molecule has 14 heavy (non-hydrogen) atoms. The first-order chi connectivity index (χ1) is 6.70. The molecule has 0 radical (unpaired) electrons. The lowest BCUT2D eigenvalue weighted by Crippen LogP contribution is -2.02. The highest BCUT2D eigenvalue weighted by Crippen LogP contribution is 2.21. The molecule has 3 heteroatoms. The van der Waals surface area contributed by atoms with Crippen LogP contribution in [-0.4, -0.2) is 11.1 Å². The molecule has 76 valence electrons. The second kappa shape index (κ2) is 5.56. The van der Waals surface area contributed by atoms with Gasteiger partial charge in [-0.1, -0.05) is 41.1 Å². The van der Waals surface area contributed by atoms with Gasteiger partial charge >= 0.3 is 0 Å². The van der Waals surface area contributed by atoms with Crippen molar-refractivity contribution in [3.05, 3.63) is 29.3 Å². The van der Waals surface area contributed by atoms with E-state index >= 15 is 0 Å². The normalized spacial score (nSPS) is 10.2. The summed E-state index contributed by atoms with van der Waals surface area (Å²) < 4.78 is 0. The van der Waals surface area contributed by atoms with E-state index in [2.05, 4.69) is 35.5 Å². The van der Waals surface area contributed by atoms with Gasteiger partial charge in [0.15, 0.2) is 5.78 Å². The van der Waals surface area contributed by atoms with Crippen molar-refractivity contribution in [2.45, 2.75) is 24.7 Å². The van der Waals surface area contributed by atoms with Crippen molar-refractivity contribution in [3.63, 3.8) is 0 Å². The molecule has 0 bridgehead atoms. The first-order valence-corrected chi connectivity index (χ1v) is 6.17. The van der Waals surface area contributed by atoms with Gasteiger partial charge in [-0.25, -0.2) is 0 Å². The number of Topliss-reactive ketones (excluding diaryl/α,β-unsaturated/α-hetero) is 1. The number of aryl methyl sites for hydroxylation is 1. The lowest BCUT2D eigenvalue weighted by molar-refractivity contribution is 0.0987. The van der Waals surface area contributed by atoms with Gasteiger partial charge in [0.1, 0.15) is 0 Å². The lowest BCUT2D eigenvalue weighted by Gasteiger charge is -2.07. The molecular weight excluding hydrogens is 260 g/mol. The van der Waals surface area contributed by atoms with Crippen molar-refractivity contribution in [1.82, 2.24) is 0 Å². The highest BCUT2D eigenvalue weighted by molar-refractivity contribution is 9.09. The standard InChI is InChI=1S/C11H13BrOS/c1-2-8-4-3-5-9(11(8)14)10(13)6-7-12/h3-5,14H,2,6-7H2,1H3. The summed E-state index contributed by atoms with van der Waals surface area (Å²) in [5, 5.41) is 0.704. The molecule has 0 aromatic heterocycles. The smallest absolute Gasteiger partial charge is 0.164 e. The minimum absolute atomic E-state index is 0.155. The lowest BCUT2D eigenvalue weighted by atomic mass is 10.0. The number of carbonyl (C=O) groups is 1. The van der Waals surface area contributed by atoms with Crippen LogP contribution in [0.3, 0.4) is 0 Å². The summed E-state index contributed by atoms with van der Waals surface area (Å²) in [6, 6.07) is 5.76. The number of thiol groups is 1. The van der Waals surface area contributed by atoms with Crippen LogP contribution in [0.2, 0.25) is 0 Å². The molecule has 0 atom stereocenters. The van der Waals surface area contributed by atoms with Crippen LogP contribution in [0.4, 0.5) is 0 Å². The van der Waals surface area contributed by atoms with E-state index in [1.807, 2.05) is 18.2 Å². The fraction of sp³-hybridized carbons (Fsp3) is 0.364. The Morgan fingerprint density at radius 2 is 2.21 bits per heavy atom. The number of halogens is 1. The van der Waals surface area contributed by atoms with Gasteiger partial charge in [0.05, 0.1) is 0 Å². The number of hydrogen-bond donors (Lipinski definition) is 1. The SMILES string of the molecule is CCc1cccc(C(=O)CCBr)c1S. The first-order valence-electron chi connectivity index (χ1n) is 4.60. The van der Waals surface area contributed by atoms with Gasteiger partial charge in [0.25, 0.3) is 0 Å². The van der Waals surface area contributed by atoms with Crippen molar-refractivity contribution in [2.24, 2.45) is 0 Å². The predicted molar refractivity (Wildman–Crippen MR) is 65.8 cm³/mol. The van der Waals surface area contributed by atoms with Gasteiger partial charge in [0, 0.05) is 22.2 Å². The van der Waals surface area contributed by atoms with E-state index in [-0.39, 0.29) is 5.78 Å². The van der Waals surface area contributed by atoms with Crippen LogP contribution in [0.1, 0.15) is 29.3 Å². The number of benzene rings is 1. The summed E-state index contributed by atoms with van der Waals surface area (Å²) in [6.45, 7) is 2.06. The van der Waals surface area contributed by atoms with Crippen molar-refractivity contribution in [3.8, 4) is 0 Å². The Bertz CT molecular complexity index is 336. The number of alkyl halides is 1. The quantitative estimate of drug-likeness (QED) is 0.504. The zero-order chi connectivity index (χ0) is 10.6. The third-order valence-corrected chi connectivity index (χ3v) is 3.05. The fourth-order valence-corrected chi connectivity index (χ4v) is 2.11. The number of ketones is 1. The maximum absolute atomic E-state index is 11.7. The Kier molecular flexibility index (Phi) is 4.69. The van der Waals surface area contributed by atoms with Crippen LogP contribution >= 0.6 is 28.6 Å². The van der Waals surface area contributed by atoms with E-state index in [1.54, 1.807) is 0 Å². The fourth-order valence-electron chi connectivity index (χ4n) is 1.32. The molecule has 1 rings (SSSR count). The second-order valence-corrected chi connectivity index (χ2v) is 4.27. The van der Waals surface area contributed by atoms with Crippen LogP contribution in [0.25, 0.3) is 0 Å². The molecule has 0 unspecified atom stereocenters. The Labute approximate surface area is 98.4 Å². The van der Waals surface area contributed by atoms with Gasteiger partial charge in [-0.3, -0.25) is 4.79 Å². The molecule has 0 spiro atoms. The van der Waals surface area contributed by atoms with E-state index in [0.717, 1.165) is 22.4 Å². The van der Waals surface area contributed by atoms with E-state index in [4.69, 9.17) is 0 Å². The van der Waals surface area contributed by atoms with Gasteiger partial charge in [-0.05, 0) is 12.0 Å². The minimum Gasteiger partial charge on any atom is -0.294 e. The first kappa shape index (κ1) is 11.8. The predicted octanol–water partition coefficient (Wildman–Crippen LogP) is 3.51. The van der Waals surface area contributed by atoms with E-state index in [9.17, 15) is 4.79 Å². The highest BCUT2D eigenvalue weighted by atomic mass is 79.9. The third-order valence-electron chi connectivity index (χ3n) is 2.12. The van der Waals surface area contributed by atoms with Crippen LogP contribution in [0.5, 0.6) is 0 Å². The van der Waals surface area contributed by atoms with E-state index in [1.165, 1.54) is 0 Å². The van der Waals surface area contributed by atoms with Crippen molar-refractivity contribution in [1.29, 1.82) is 0 Å². The topological polar surface area (TPSA) is 17.1 Å². The second-order valence-electron chi connectivity index (χ2n) is 3.03. The van der Waals surface area contributed by atoms with Gasteiger partial charge in [-0.2, -0.15) is 0 Å². The zero-order valence-corrected chi connectivity index (χ0v) is 10.6. The molecule has 0 heterocycles. The molecule has 0 aliphatic carbocycles. The maximum atomic E-state index is 11.7. The van der Waals surface area contributed by atoms with Crippen molar-refractivity contribution in [2.75, 3.05) is 5.33 Å². The Hall–Kier alpha value is -0.280. The number of carbonyl (C=O) groups excluding carboxylic acids is 1. The maximum Gasteiger partial charge on any atom is 0.164 e. The molecule has 0 aliphatic rings. The zero-order valence-electron chi connectivity index (χ0n) is 8.09. The molecule has 1 aromatic rings. The van der Waals surface area contributed by atoms with Gasteiger partial charge in [0.2, 0.25) is 0 Å². The third kappa shape index (κ3) is 2.61. The molecular formula is C11H13BrOS. The summed E-state index contributed by atoms with van der Waals surface area (Å²) in [5.74, 6) is 0.155. The Morgan fingerprint density at radius 1 is 1.50 bits per heavy atom. The average Bonchev–Trinajstić information content (AvgIpc) is 2.18. The summed E-state index contributed by atoms with van der Waals surface area (Å²) in [6.07, 6.45) is 1.44. The largest absolute Gasteiger partial charge is 0.294 e. The van der Waals surface area contributed by atoms with Gasteiger partial charge in [-0.15, -0.1) is 12.6 Å². The average molecular weight is 273 g/mol. The van der Waals surface area contributed by atoms with E-state index in [0.29, 0.717) is 11.8 Å². The molecule has 0 amide bonds. The molecule has 0 fully saturated rings. The van der Waals surface area contributed by atoms with Crippen LogP contribution in [0.15, 0.2) is 23.1 Å². The van der Waals surface area contributed by atoms with Crippen LogP contribution < -0.4 is 0 Å². The summed E-state index contributed by atoms with van der Waals surface area (Å²) >= 11 is 7.65. The summed E-state index contributed by atoms with van der Waals surface area (Å²) in [5.41, 5.74) is 1.88. The molecule has 0 saturated carbocycles. The summed E-state index contributed by atoms with van der Waals surface area (Å²) in [4.78, 5) is 12.5. The number of rotatable bonds is 4. The Morgan fingerprint density at radius 3 is 2.79 bits per heavy atom. The Balaban J connectivity index is 3.03. The molecule has 1 aromatic carbocycles. The van der Waals surface area contributed by atoms with Crippen molar-refractivity contribution < 1.29 is 4.79 Å². The molecule has 0 saturated heterocycles. The minimum atomic E-state index is 0.155. The molecule has 1 nitrogen and oxygen atoms in total. The monoisotopic (exact) mass is 272 g/mol. The summed E-state index contributed by atoms with van der Waals surface area (Å²) in [7, 11) is 0. The van der Waals surface area contributed by atoms with Crippen LogP contribution in [-0.2, 0) is 6.42 Å². The molecule has 0 N–H and O–H groups in total. The number of hydrogen-bond acceptors (Lipinski definition) is 2. The van der Waals surface area contributed by atoms with E-state index < -0.39 is 0 Å². The van der Waals surface area contributed by atoms with Crippen molar-refractivity contribution >= 4 is 34.3 Å².